The van der Waals surface area contributed by atoms with E-state index in [-0.39, 0.29) is 18.9 Å². The Bertz CT molecular complexity index is 464. The molecule has 1 aliphatic heterocycles. The summed E-state index contributed by atoms with van der Waals surface area (Å²) in [6, 6.07) is -0.704. The van der Waals surface area contributed by atoms with Crippen molar-refractivity contribution in [3.8, 4) is 0 Å². The third kappa shape index (κ3) is 9.13. The predicted octanol–water partition coefficient (Wildman–Crippen LogP) is 0.199. The average Bonchev–Trinajstić information content (AvgIpc) is 2.75. The Morgan fingerprint density at radius 1 is 1.00 bits per heavy atom. The van der Waals surface area contributed by atoms with E-state index < -0.39 is 49.5 Å². The van der Waals surface area contributed by atoms with Gasteiger partial charge in [0.25, 0.3) is 0 Å². The summed E-state index contributed by atoms with van der Waals surface area (Å²) < 4.78 is 10.8. The third-order valence-corrected chi connectivity index (χ3v) is 5.52. The molecule has 0 aromatic heterocycles. The van der Waals surface area contributed by atoms with Crippen LogP contribution in [0.25, 0.3) is 0 Å². The van der Waals surface area contributed by atoms with E-state index in [0.29, 0.717) is 6.42 Å². The first-order chi connectivity index (χ1) is 14.3. The largest absolute Gasteiger partial charge is 0.394 e. The van der Waals surface area contributed by atoms with Crippen LogP contribution in [0.15, 0.2) is 0 Å². The highest BCUT2D eigenvalue weighted by Crippen LogP contribution is 2.22. The van der Waals surface area contributed by atoms with Crippen LogP contribution in [0.4, 0.5) is 0 Å². The van der Waals surface area contributed by atoms with Crippen LogP contribution in [0.2, 0.25) is 0 Å². The van der Waals surface area contributed by atoms with Crippen LogP contribution >= 0.6 is 0 Å². The van der Waals surface area contributed by atoms with Gasteiger partial charge in [0.15, 0.2) is 6.29 Å². The molecule has 0 saturated carbocycles. The fourth-order valence-corrected chi connectivity index (χ4v) is 3.47. The monoisotopic (exact) mass is 435 g/mol. The maximum Gasteiger partial charge on any atom is 0.220 e. The number of hydrogen-bond acceptors (Lipinski definition) is 8. The van der Waals surface area contributed by atoms with Crippen molar-refractivity contribution in [1.82, 2.24) is 5.32 Å². The molecule has 0 aromatic carbocycles. The van der Waals surface area contributed by atoms with Crippen molar-refractivity contribution in [1.29, 1.82) is 0 Å². The molecule has 6 N–H and O–H groups in total. The smallest absolute Gasteiger partial charge is 0.220 e. The minimum Gasteiger partial charge on any atom is -0.394 e. The molecule has 7 unspecified atom stereocenters. The SMILES string of the molecule is CCCCCCCCCC(O)C(COC1OC(CO)C(O)C(O)C1O)NC(=O)CC. The van der Waals surface area contributed by atoms with E-state index in [1.807, 2.05) is 0 Å². The van der Waals surface area contributed by atoms with Crippen LogP contribution in [-0.2, 0) is 14.3 Å². The summed E-state index contributed by atoms with van der Waals surface area (Å²) in [6.07, 6.45) is 0.797. The number of nitrogens with one attached hydrogen (secondary N) is 1. The molecule has 1 rings (SSSR count). The van der Waals surface area contributed by atoms with Gasteiger partial charge < -0.3 is 40.3 Å². The highest BCUT2D eigenvalue weighted by molar-refractivity contribution is 5.75. The van der Waals surface area contributed by atoms with Crippen LogP contribution in [0.1, 0.15) is 71.6 Å². The summed E-state index contributed by atoms with van der Waals surface area (Å²) in [4.78, 5) is 11.8. The van der Waals surface area contributed by atoms with Gasteiger partial charge in [-0.15, -0.1) is 0 Å². The van der Waals surface area contributed by atoms with Crippen LogP contribution in [-0.4, -0.2) is 87.5 Å². The van der Waals surface area contributed by atoms with Crippen molar-refractivity contribution in [2.75, 3.05) is 13.2 Å². The molecular weight excluding hydrogens is 394 g/mol. The van der Waals surface area contributed by atoms with Gasteiger partial charge in [0.2, 0.25) is 5.91 Å². The zero-order chi connectivity index (χ0) is 22.5. The van der Waals surface area contributed by atoms with E-state index in [1.165, 1.54) is 25.7 Å². The van der Waals surface area contributed by atoms with Crippen molar-refractivity contribution in [2.24, 2.45) is 0 Å². The number of amides is 1. The zero-order valence-electron chi connectivity index (χ0n) is 18.3. The van der Waals surface area contributed by atoms with E-state index in [2.05, 4.69) is 12.2 Å². The molecule has 30 heavy (non-hydrogen) atoms. The van der Waals surface area contributed by atoms with Crippen molar-refractivity contribution in [3.05, 3.63) is 0 Å². The second-order valence-electron chi connectivity index (χ2n) is 8.04. The first-order valence-corrected chi connectivity index (χ1v) is 11.2. The number of unbranched alkanes of at least 4 members (excludes halogenated alkanes) is 6. The summed E-state index contributed by atoms with van der Waals surface area (Å²) in [5.74, 6) is -0.240. The van der Waals surface area contributed by atoms with Gasteiger partial charge in [0, 0.05) is 6.42 Å². The molecule has 0 spiro atoms. The molecule has 1 amide bonds. The van der Waals surface area contributed by atoms with Crippen LogP contribution < -0.4 is 5.32 Å². The number of carbonyl (C=O) groups excluding carboxylic acids is 1. The summed E-state index contributed by atoms with van der Waals surface area (Å²) in [6.45, 7) is 3.18. The van der Waals surface area contributed by atoms with Gasteiger partial charge in [0.1, 0.15) is 24.4 Å². The van der Waals surface area contributed by atoms with E-state index in [0.717, 1.165) is 19.3 Å². The first kappa shape index (κ1) is 27.2. The molecule has 1 heterocycles. The zero-order valence-corrected chi connectivity index (χ0v) is 18.3. The number of hydrogen-bond donors (Lipinski definition) is 6. The standard InChI is InChI=1S/C21H41NO8/c1-3-5-6-7-8-9-10-11-15(24)14(22-17(25)4-2)13-29-21-20(28)19(27)18(26)16(12-23)30-21/h14-16,18-21,23-24,26-28H,3-13H2,1-2H3,(H,22,25). The fraction of sp³-hybridized carbons (Fsp3) is 0.952. The topological polar surface area (TPSA) is 149 Å². The minimum atomic E-state index is -1.54. The molecule has 7 atom stereocenters. The van der Waals surface area contributed by atoms with Gasteiger partial charge in [0.05, 0.1) is 25.4 Å². The fourth-order valence-electron chi connectivity index (χ4n) is 3.47. The Kier molecular flexibility index (Phi) is 13.7. The lowest BCUT2D eigenvalue weighted by Gasteiger charge is -2.40. The Labute approximate surface area is 179 Å². The van der Waals surface area contributed by atoms with Gasteiger partial charge in [-0.3, -0.25) is 4.79 Å². The highest BCUT2D eigenvalue weighted by atomic mass is 16.7. The quantitative estimate of drug-likeness (QED) is 0.200. The second-order valence-corrected chi connectivity index (χ2v) is 8.04. The third-order valence-electron chi connectivity index (χ3n) is 5.52. The maximum absolute atomic E-state index is 11.8. The average molecular weight is 436 g/mol. The number of carbonyl (C=O) groups is 1. The lowest BCUT2D eigenvalue weighted by atomic mass is 9.99. The molecule has 9 heteroatoms. The highest BCUT2D eigenvalue weighted by Gasteiger charge is 2.44. The first-order valence-electron chi connectivity index (χ1n) is 11.2. The van der Waals surface area contributed by atoms with Crippen molar-refractivity contribution in [2.45, 2.75) is 114 Å². The lowest BCUT2D eigenvalue weighted by Crippen LogP contribution is -2.60. The molecule has 178 valence electrons. The number of aliphatic hydroxyl groups is 5. The van der Waals surface area contributed by atoms with Gasteiger partial charge in [-0.1, -0.05) is 58.8 Å². The van der Waals surface area contributed by atoms with E-state index >= 15 is 0 Å². The van der Waals surface area contributed by atoms with Gasteiger partial charge in [-0.25, -0.2) is 0 Å². The minimum absolute atomic E-state index is 0.147. The molecule has 1 aliphatic rings. The Morgan fingerprint density at radius 2 is 1.63 bits per heavy atom. The number of aliphatic hydroxyl groups excluding tert-OH is 5. The summed E-state index contributed by atoms with van der Waals surface area (Å²) in [5, 5.41) is 52.3. The van der Waals surface area contributed by atoms with Crippen molar-refractivity contribution in [3.63, 3.8) is 0 Å². The second kappa shape index (κ2) is 15.1. The van der Waals surface area contributed by atoms with Crippen molar-refractivity contribution >= 4 is 5.91 Å². The number of rotatable bonds is 15. The van der Waals surface area contributed by atoms with Crippen LogP contribution in [0.3, 0.4) is 0 Å². The molecule has 0 bridgehead atoms. The summed E-state index contributed by atoms with van der Waals surface area (Å²) >= 11 is 0. The maximum atomic E-state index is 11.8. The normalized spacial score (nSPS) is 28.8. The molecule has 0 radical (unpaired) electrons. The van der Waals surface area contributed by atoms with Gasteiger partial charge in [-0.05, 0) is 6.42 Å². The van der Waals surface area contributed by atoms with Crippen LogP contribution in [0, 0.1) is 0 Å². The molecular formula is C21H41NO8. The molecule has 9 nitrogen and oxygen atoms in total. The van der Waals surface area contributed by atoms with Crippen LogP contribution in [0.5, 0.6) is 0 Å². The van der Waals surface area contributed by atoms with Crippen molar-refractivity contribution < 1.29 is 39.8 Å². The molecule has 1 saturated heterocycles. The Morgan fingerprint density at radius 3 is 2.23 bits per heavy atom. The Balaban J connectivity index is 2.53. The summed E-state index contributed by atoms with van der Waals surface area (Å²) in [5.41, 5.74) is 0. The Hall–Kier alpha value is -0.810. The predicted molar refractivity (Wildman–Crippen MR) is 111 cm³/mol. The van der Waals surface area contributed by atoms with Gasteiger partial charge >= 0.3 is 0 Å². The number of ether oxygens (including phenoxy) is 2. The van der Waals surface area contributed by atoms with E-state index in [1.54, 1.807) is 6.92 Å². The lowest BCUT2D eigenvalue weighted by molar-refractivity contribution is -0.302. The molecule has 0 aromatic rings. The van der Waals surface area contributed by atoms with E-state index in [4.69, 9.17) is 9.47 Å². The summed E-state index contributed by atoms with van der Waals surface area (Å²) in [7, 11) is 0. The molecule has 0 aliphatic carbocycles. The molecule has 1 fully saturated rings. The van der Waals surface area contributed by atoms with E-state index in [9.17, 15) is 30.3 Å². The van der Waals surface area contributed by atoms with Gasteiger partial charge in [-0.2, -0.15) is 0 Å².